The molecular formula is C17H19N3. The highest BCUT2D eigenvalue weighted by Gasteiger charge is 2.05. The lowest BCUT2D eigenvalue weighted by molar-refractivity contribution is 0.886. The minimum absolute atomic E-state index is 0.940. The molecule has 0 aliphatic rings. The number of benzene rings is 2. The number of aromatic nitrogens is 2. The van der Waals surface area contributed by atoms with Gasteiger partial charge in [-0.15, -0.1) is 0 Å². The number of aryl methyl sites for hydroxylation is 2. The molecule has 0 amide bonds. The largest absolute Gasteiger partial charge is 0.388 e. The van der Waals surface area contributed by atoms with Crippen LogP contribution in [0.2, 0.25) is 0 Å². The molecule has 3 nitrogen and oxygen atoms in total. The fourth-order valence-corrected chi connectivity index (χ4v) is 2.50. The van der Waals surface area contributed by atoms with Crippen molar-refractivity contribution in [2.75, 3.05) is 12.4 Å². The Kier molecular flexibility index (Phi) is 3.18. The van der Waals surface area contributed by atoms with Gasteiger partial charge in [0.05, 0.1) is 11.0 Å². The Morgan fingerprint density at radius 3 is 2.45 bits per heavy atom. The lowest BCUT2D eigenvalue weighted by atomic mass is 10.0. The molecule has 0 unspecified atom stereocenters. The molecule has 20 heavy (non-hydrogen) atoms. The molecule has 3 rings (SSSR count). The maximum atomic E-state index is 4.60. The molecule has 0 radical (unpaired) electrons. The van der Waals surface area contributed by atoms with Gasteiger partial charge in [0.15, 0.2) is 0 Å². The molecule has 1 aromatic heterocycles. The van der Waals surface area contributed by atoms with Gasteiger partial charge in [0, 0.05) is 19.8 Å². The summed E-state index contributed by atoms with van der Waals surface area (Å²) < 4.78 is 2.13. The Morgan fingerprint density at radius 1 is 1.05 bits per heavy atom. The van der Waals surface area contributed by atoms with Crippen molar-refractivity contribution < 1.29 is 0 Å². The average molecular weight is 265 g/mol. The van der Waals surface area contributed by atoms with E-state index >= 15 is 0 Å². The second-order valence-electron chi connectivity index (χ2n) is 5.16. The molecule has 0 saturated carbocycles. The van der Waals surface area contributed by atoms with Crippen LogP contribution in [0.25, 0.3) is 11.0 Å². The average Bonchev–Trinajstić information content (AvgIpc) is 2.74. The Balaban J connectivity index is 1.90. The zero-order chi connectivity index (χ0) is 14.1. The molecule has 1 heterocycles. The molecule has 1 N–H and O–H groups in total. The van der Waals surface area contributed by atoms with Crippen molar-refractivity contribution >= 4 is 16.7 Å². The number of hydrogen-bond donors (Lipinski definition) is 1. The highest BCUT2D eigenvalue weighted by molar-refractivity contribution is 5.76. The minimum Gasteiger partial charge on any atom is -0.388 e. The van der Waals surface area contributed by atoms with Crippen molar-refractivity contribution in [2.24, 2.45) is 7.05 Å². The molecule has 0 aliphatic carbocycles. The molecule has 0 atom stereocenters. The van der Waals surface area contributed by atoms with E-state index in [4.69, 9.17) is 0 Å². The predicted octanol–water partition coefficient (Wildman–Crippen LogP) is 3.51. The van der Waals surface area contributed by atoms with Gasteiger partial charge < -0.3 is 9.88 Å². The first-order valence-corrected chi connectivity index (χ1v) is 6.86. The Morgan fingerprint density at radius 2 is 1.75 bits per heavy atom. The normalized spacial score (nSPS) is 10.9. The van der Waals surface area contributed by atoms with Gasteiger partial charge in [-0.05, 0) is 48.7 Å². The van der Waals surface area contributed by atoms with Gasteiger partial charge in [0.25, 0.3) is 0 Å². The number of hydrogen-bond acceptors (Lipinski definition) is 2. The molecule has 2 aromatic carbocycles. The second-order valence-corrected chi connectivity index (χ2v) is 5.16. The fourth-order valence-electron chi connectivity index (χ4n) is 2.50. The third-order valence-electron chi connectivity index (χ3n) is 3.82. The van der Waals surface area contributed by atoms with Crippen molar-refractivity contribution in [1.29, 1.82) is 0 Å². The van der Waals surface area contributed by atoms with Crippen LogP contribution >= 0.6 is 0 Å². The molecular weight excluding hydrogens is 246 g/mol. The van der Waals surface area contributed by atoms with Crippen LogP contribution in [-0.2, 0) is 13.5 Å². The maximum absolute atomic E-state index is 4.60. The summed E-state index contributed by atoms with van der Waals surface area (Å²) in [5.74, 6) is 1.05. The van der Waals surface area contributed by atoms with Gasteiger partial charge in [-0.25, -0.2) is 4.98 Å². The van der Waals surface area contributed by atoms with Gasteiger partial charge in [0.2, 0.25) is 0 Å². The standard InChI is InChI=1S/C17H19N3/c1-12-19-16-11-14(6-9-17(16)20(12)3)10-13-4-7-15(18-2)8-5-13/h4-9,11,18H,10H2,1-3H3. The maximum Gasteiger partial charge on any atom is 0.106 e. The van der Waals surface area contributed by atoms with Crippen molar-refractivity contribution in [2.45, 2.75) is 13.3 Å². The number of nitrogens with one attached hydrogen (secondary N) is 1. The van der Waals surface area contributed by atoms with Crippen LogP contribution in [0, 0.1) is 6.92 Å². The number of fused-ring (bicyclic) bond motifs is 1. The zero-order valence-corrected chi connectivity index (χ0v) is 12.1. The third-order valence-corrected chi connectivity index (χ3v) is 3.82. The lowest BCUT2D eigenvalue weighted by Crippen LogP contribution is -1.92. The number of rotatable bonds is 3. The highest BCUT2D eigenvalue weighted by atomic mass is 15.0. The van der Waals surface area contributed by atoms with Crippen LogP contribution in [-0.4, -0.2) is 16.6 Å². The van der Waals surface area contributed by atoms with E-state index in [1.54, 1.807) is 0 Å². The summed E-state index contributed by atoms with van der Waals surface area (Å²) in [4.78, 5) is 4.60. The van der Waals surface area contributed by atoms with E-state index in [1.807, 2.05) is 14.0 Å². The highest BCUT2D eigenvalue weighted by Crippen LogP contribution is 2.19. The van der Waals surface area contributed by atoms with Crippen molar-refractivity contribution in [3.05, 3.63) is 59.4 Å². The van der Waals surface area contributed by atoms with Crippen molar-refractivity contribution in [3.8, 4) is 0 Å². The van der Waals surface area contributed by atoms with E-state index < -0.39 is 0 Å². The van der Waals surface area contributed by atoms with Crippen LogP contribution < -0.4 is 5.32 Å². The smallest absolute Gasteiger partial charge is 0.106 e. The van der Waals surface area contributed by atoms with E-state index in [0.717, 1.165) is 23.4 Å². The minimum atomic E-state index is 0.940. The van der Waals surface area contributed by atoms with Crippen molar-refractivity contribution in [1.82, 2.24) is 9.55 Å². The Labute approximate surface area is 119 Å². The summed E-state index contributed by atoms with van der Waals surface area (Å²) in [5.41, 5.74) is 6.03. The van der Waals surface area contributed by atoms with E-state index in [0.29, 0.717) is 0 Å². The van der Waals surface area contributed by atoms with Gasteiger partial charge >= 0.3 is 0 Å². The Hall–Kier alpha value is -2.29. The molecule has 0 aliphatic heterocycles. The topological polar surface area (TPSA) is 29.9 Å². The van der Waals surface area contributed by atoms with Crippen molar-refractivity contribution in [3.63, 3.8) is 0 Å². The van der Waals surface area contributed by atoms with E-state index in [-0.39, 0.29) is 0 Å². The zero-order valence-electron chi connectivity index (χ0n) is 12.1. The molecule has 0 fully saturated rings. The first kappa shape index (κ1) is 12.7. The van der Waals surface area contributed by atoms with E-state index in [9.17, 15) is 0 Å². The number of nitrogens with zero attached hydrogens (tertiary/aromatic N) is 2. The Bertz CT molecular complexity index is 739. The fraction of sp³-hybridized carbons (Fsp3) is 0.235. The molecule has 3 heteroatoms. The number of imidazole rings is 1. The molecule has 0 spiro atoms. The van der Waals surface area contributed by atoms with Gasteiger partial charge in [-0.2, -0.15) is 0 Å². The summed E-state index contributed by atoms with van der Waals surface area (Å²) in [6, 6.07) is 15.1. The summed E-state index contributed by atoms with van der Waals surface area (Å²) in [7, 11) is 3.99. The van der Waals surface area contributed by atoms with Crippen LogP contribution in [0.5, 0.6) is 0 Å². The van der Waals surface area contributed by atoms with Gasteiger partial charge in [-0.1, -0.05) is 18.2 Å². The third kappa shape index (κ3) is 2.27. The summed E-state index contributed by atoms with van der Waals surface area (Å²) in [5, 5.41) is 3.14. The molecule has 102 valence electrons. The summed E-state index contributed by atoms with van der Waals surface area (Å²) in [6.07, 6.45) is 0.940. The number of anilines is 1. The molecule has 3 aromatic rings. The summed E-state index contributed by atoms with van der Waals surface area (Å²) in [6.45, 7) is 2.04. The van der Waals surface area contributed by atoms with E-state index in [2.05, 4.69) is 64.4 Å². The van der Waals surface area contributed by atoms with Gasteiger partial charge in [0.1, 0.15) is 5.82 Å². The SMILES string of the molecule is CNc1ccc(Cc2ccc3c(c2)nc(C)n3C)cc1. The van der Waals surface area contributed by atoms with Gasteiger partial charge in [-0.3, -0.25) is 0 Å². The molecule has 0 bridgehead atoms. The first-order valence-electron chi connectivity index (χ1n) is 6.86. The summed E-state index contributed by atoms with van der Waals surface area (Å²) >= 11 is 0. The van der Waals surface area contributed by atoms with E-state index in [1.165, 1.54) is 16.6 Å². The van der Waals surface area contributed by atoms with Crippen LogP contribution in [0.15, 0.2) is 42.5 Å². The predicted molar refractivity (Wildman–Crippen MR) is 84.2 cm³/mol. The quantitative estimate of drug-likeness (QED) is 0.785. The second kappa shape index (κ2) is 5.00. The van der Waals surface area contributed by atoms with Crippen LogP contribution in [0.3, 0.4) is 0 Å². The lowest BCUT2D eigenvalue weighted by Gasteiger charge is -2.05. The van der Waals surface area contributed by atoms with Crippen LogP contribution in [0.4, 0.5) is 5.69 Å². The van der Waals surface area contributed by atoms with Crippen LogP contribution in [0.1, 0.15) is 17.0 Å². The monoisotopic (exact) mass is 265 g/mol. The first-order chi connectivity index (χ1) is 9.67. The molecule has 0 saturated heterocycles.